The van der Waals surface area contributed by atoms with Gasteiger partial charge in [-0.25, -0.2) is 0 Å². The van der Waals surface area contributed by atoms with Crippen molar-refractivity contribution in [3.8, 4) is 34.7 Å². The first-order chi connectivity index (χ1) is 36.6. The summed E-state index contributed by atoms with van der Waals surface area (Å²) in [6.07, 6.45) is 0. The SMILES string of the molecule is CCN(CC)c1ccc(/N=N/c2snc(-c3ccc(C)c(S(=O)(=O)O)c3)c2C#N)c(Nc2nc(Nc3cc(N(CC)CC)ccc3/N=N/c3snc(-c4ccc(C)c(S(=O)(=O)O)c4)c3C#N)nc(SCCS(=O)(=O)O)n2)c1. The topological polar surface area (TPSA) is 355 Å². The van der Waals surface area contributed by atoms with Crippen LogP contribution in [0.2, 0.25) is 0 Å². The van der Waals surface area contributed by atoms with Gasteiger partial charge in [-0.1, -0.05) is 36.0 Å². The Kier molecular flexibility index (Phi) is 18.1. The van der Waals surface area contributed by atoms with E-state index < -0.39 is 36.1 Å². The van der Waals surface area contributed by atoms with Crippen molar-refractivity contribution in [3.05, 3.63) is 95.1 Å². The van der Waals surface area contributed by atoms with Gasteiger partial charge in [0, 0.05) is 54.4 Å². The molecule has 0 spiro atoms. The Bertz CT molecular complexity index is 3640. The molecule has 0 bridgehead atoms. The molecule has 0 aliphatic rings. The van der Waals surface area contributed by atoms with Gasteiger partial charge in [0.05, 0.1) is 26.9 Å². The minimum absolute atomic E-state index is 0.00305. The van der Waals surface area contributed by atoms with E-state index >= 15 is 0 Å². The summed E-state index contributed by atoms with van der Waals surface area (Å²) in [6.45, 7) is 13.5. The lowest BCUT2D eigenvalue weighted by atomic mass is 10.1. The maximum absolute atomic E-state index is 12.1. The van der Waals surface area contributed by atoms with Gasteiger partial charge < -0.3 is 20.4 Å². The lowest BCUT2D eigenvalue weighted by molar-refractivity contribution is 0.480. The molecule has 0 aliphatic carbocycles. The summed E-state index contributed by atoms with van der Waals surface area (Å²) in [5.41, 5.74) is 4.07. The van der Waals surface area contributed by atoms with E-state index in [1.54, 1.807) is 36.4 Å². The number of hydrogen-bond donors (Lipinski definition) is 5. The van der Waals surface area contributed by atoms with Crippen LogP contribution in [-0.4, -0.2) is 100 Å². The summed E-state index contributed by atoms with van der Waals surface area (Å²) >= 11 is 2.61. The average Bonchev–Trinajstić information content (AvgIpc) is 4.00. The van der Waals surface area contributed by atoms with Crippen LogP contribution in [0, 0.1) is 36.5 Å². The molecular weight excluding hydrogens is 1110 g/mol. The van der Waals surface area contributed by atoms with Crippen molar-refractivity contribution < 1.29 is 38.9 Å². The highest BCUT2D eigenvalue weighted by Gasteiger charge is 2.23. The number of azo groups is 2. The summed E-state index contributed by atoms with van der Waals surface area (Å²) in [5.74, 6) is -0.870. The molecule has 0 amide bonds. The van der Waals surface area contributed by atoms with Crippen molar-refractivity contribution in [1.82, 2.24) is 23.7 Å². The van der Waals surface area contributed by atoms with Crippen LogP contribution in [0.15, 0.2) is 108 Å². The van der Waals surface area contributed by atoms with Crippen LogP contribution >= 0.6 is 34.8 Å². The number of nitrogens with zero attached hydrogens (tertiary/aromatic N) is 13. The molecule has 0 atom stereocenters. The van der Waals surface area contributed by atoms with Crippen molar-refractivity contribution >= 4 is 121 Å². The molecule has 3 aromatic heterocycles. The fraction of sp³-hybridized carbons (Fsp3) is 0.255. The maximum Gasteiger partial charge on any atom is 0.294 e. The van der Waals surface area contributed by atoms with E-state index in [1.807, 2.05) is 39.8 Å². The molecule has 7 aromatic rings. The molecule has 0 radical (unpaired) electrons. The molecular formula is C47H47N15O9S6. The molecule has 400 valence electrons. The smallest absolute Gasteiger partial charge is 0.294 e. The summed E-state index contributed by atoms with van der Waals surface area (Å²) in [5, 5.41) is 45.0. The maximum atomic E-state index is 12.1. The Morgan fingerprint density at radius 2 is 1.01 bits per heavy atom. The number of rotatable bonds is 22. The predicted molar refractivity (Wildman–Crippen MR) is 296 cm³/mol. The van der Waals surface area contributed by atoms with E-state index in [4.69, 9.17) is 4.98 Å². The second-order valence-corrected chi connectivity index (χ2v) is 23.3. The van der Waals surface area contributed by atoms with Gasteiger partial charge in [-0.05, 0) is 124 Å². The van der Waals surface area contributed by atoms with Crippen molar-refractivity contribution in [1.29, 1.82) is 10.5 Å². The van der Waals surface area contributed by atoms with Gasteiger partial charge in [0.2, 0.25) is 11.9 Å². The largest absolute Gasteiger partial charge is 0.372 e. The third-order valence-electron chi connectivity index (χ3n) is 11.4. The van der Waals surface area contributed by atoms with Crippen LogP contribution < -0.4 is 20.4 Å². The predicted octanol–water partition coefficient (Wildman–Crippen LogP) is 11.0. The van der Waals surface area contributed by atoms with Gasteiger partial charge in [0.1, 0.15) is 46.0 Å². The lowest BCUT2D eigenvalue weighted by Gasteiger charge is -2.22. The summed E-state index contributed by atoms with van der Waals surface area (Å²) in [7, 11) is -13.5. The third kappa shape index (κ3) is 14.0. The minimum atomic E-state index is -4.59. The summed E-state index contributed by atoms with van der Waals surface area (Å²) in [6, 6.07) is 23.3. The van der Waals surface area contributed by atoms with Gasteiger partial charge in [0.25, 0.3) is 30.4 Å². The van der Waals surface area contributed by atoms with Gasteiger partial charge in [-0.2, -0.15) is 59.5 Å². The zero-order chi connectivity index (χ0) is 55.8. The molecule has 0 aliphatic heterocycles. The fourth-order valence-corrected chi connectivity index (χ4v) is 12.1. The fourth-order valence-electron chi connectivity index (χ4n) is 7.55. The van der Waals surface area contributed by atoms with E-state index in [-0.39, 0.29) is 87.6 Å². The number of nitriles is 2. The van der Waals surface area contributed by atoms with Gasteiger partial charge >= 0.3 is 0 Å². The second kappa shape index (κ2) is 24.3. The van der Waals surface area contributed by atoms with Crippen LogP contribution in [0.1, 0.15) is 49.9 Å². The van der Waals surface area contributed by atoms with E-state index in [0.29, 0.717) is 48.7 Å². The highest BCUT2D eigenvalue weighted by atomic mass is 32.2. The number of aromatic nitrogens is 5. The molecule has 24 nitrogen and oxygen atoms in total. The van der Waals surface area contributed by atoms with Gasteiger partial charge in [-0.15, -0.1) is 20.5 Å². The van der Waals surface area contributed by atoms with Crippen molar-refractivity contribution in [2.45, 2.75) is 56.5 Å². The second-order valence-electron chi connectivity index (χ2n) is 16.4. The average molecular weight is 1160 g/mol. The molecule has 77 heavy (non-hydrogen) atoms. The number of thioether (sulfide) groups is 1. The zero-order valence-corrected chi connectivity index (χ0v) is 46.6. The Balaban J connectivity index is 1.30. The quantitative estimate of drug-likeness (QED) is 0.0239. The Hall–Kier alpha value is -7.39. The molecule has 0 saturated carbocycles. The number of aryl methyl sites for hydroxylation is 2. The molecule has 5 N–H and O–H groups in total. The van der Waals surface area contributed by atoms with E-state index in [9.17, 15) is 49.4 Å². The van der Waals surface area contributed by atoms with Crippen molar-refractivity contribution in [2.24, 2.45) is 20.5 Å². The lowest BCUT2D eigenvalue weighted by Crippen LogP contribution is -2.21. The first kappa shape index (κ1) is 57.3. The summed E-state index contributed by atoms with van der Waals surface area (Å²) in [4.78, 5) is 17.3. The number of anilines is 6. The Morgan fingerprint density at radius 3 is 1.38 bits per heavy atom. The minimum Gasteiger partial charge on any atom is -0.372 e. The molecule has 0 fully saturated rings. The molecule has 30 heteroatoms. The van der Waals surface area contributed by atoms with E-state index in [1.165, 1.54) is 38.1 Å². The highest BCUT2D eigenvalue weighted by Crippen LogP contribution is 2.41. The van der Waals surface area contributed by atoms with Crippen LogP contribution in [0.4, 0.5) is 56.0 Å². The van der Waals surface area contributed by atoms with Crippen LogP contribution in [0.25, 0.3) is 22.5 Å². The van der Waals surface area contributed by atoms with Gasteiger partial charge in [0.15, 0.2) is 15.2 Å². The van der Waals surface area contributed by atoms with Crippen LogP contribution in [0.3, 0.4) is 0 Å². The highest BCUT2D eigenvalue weighted by molar-refractivity contribution is 8.00. The Labute approximate surface area is 456 Å². The van der Waals surface area contributed by atoms with Crippen molar-refractivity contribution in [2.75, 3.05) is 58.1 Å². The summed E-state index contributed by atoms with van der Waals surface area (Å²) < 4.78 is 110. The Morgan fingerprint density at radius 1 is 0.597 bits per heavy atom. The first-order valence-corrected chi connectivity index (χ1v) is 30.1. The van der Waals surface area contributed by atoms with Gasteiger partial charge in [-0.3, -0.25) is 13.7 Å². The monoisotopic (exact) mass is 1160 g/mol. The molecule has 3 heterocycles. The zero-order valence-electron chi connectivity index (χ0n) is 41.7. The number of nitrogens with one attached hydrogen (secondary N) is 2. The standard InChI is InChI=1S/C47H47N15O9S6/c1-7-61(8-2)31-15-17-35(55-57-43-33(25-48)41(59-73-43)29-13-11-27(5)39(21-29)76(66,67)68)37(23-31)50-45-52-46(54-47(53-45)72-19-20-75(63,64)65)51-38-24-32(62(9-3)10-4)16-18-36(38)56-58-44-34(26-49)42(60-74-44)30-14-12-28(6)40(22-30)77(69,70)71/h11-18,21-24H,7-10,19-20H2,1-6H3,(H,63,64,65)(H,66,67,68)(H,69,70,71)(H2,50,51,52,53,54)/b57-55+,58-56+. The van der Waals surface area contributed by atoms with E-state index in [2.05, 4.69) is 71.7 Å². The van der Waals surface area contributed by atoms with Crippen molar-refractivity contribution in [3.63, 3.8) is 0 Å². The first-order valence-electron chi connectivity index (χ1n) is 23.0. The number of hydrogen-bond acceptors (Lipinski definition) is 24. The number of benzene rings is 4. The third-order valence-corrected chi connectivity index (χ3v) is 16.7. The van der Waals surface area contributed by atoms with E-state index in [0.717, 1.165) is 46.2 Å². The van der Waals surface area contributed by atoms with Crippen LogP contribution in [0.5, 0.6) is 0 Å². The molecule has 0 unspecified atom stereocenters. The normalized spacial score (nSPS) is 12.0. The molecule has 4 aromatic carbocycles. The molecule has 0 saturated heterocycles. The van der Waals surface area contributed by atoms with Crippen LogP contribution in [-0.2, 0) is 30.4 Å². The molecule has 7 rings (SSSR count).